The van der Waals surface area contributed by atoms with Crippen LogP contribution in [0.2, 0.25) is 0 Å². The van der Waals surface area contributed by atoms with Gasteiger partial charge in [-0.3, -0.25) is 5.32 Å². The lowest BCUT2D eigenvalue weighted by Gasteiger charge is -2.19. The van der Waals surface area contributed by atoms with Gasteiger partial charge in [0.1, 0.15) is 14.3 Å². The van der Waals surface area contributed by atoms with Crippen molar-refractivity contribution in [1.29, 1.82) is 0 Å². The quantitative estimate of drug-likeness (QED) is 0.807. The Balaban J connectivity index is 2.54. The molecule has 0 radical (unpaired) electrons. The van der Waals surface area contributed by atoms with E-state index < -0.39 is 11.7 Å². The molecule has 0 fully saturated rings. The SMILES string of the molecule is CC(C)(C)OC(=O)Nc1scnc1I. The largest absolute Gasteiger partial charge is 0.444 e. The molecule has 78 valence electrons. The number of hydrogen-bond donors (Lipinski definition) is 1. The Morgan fingerprint density at radius 1 is 1.64 bits per heavy atom. The minimum atomic E-state index is -0.472. The van der Waals surface area contributed by atoms with Crippen molar-refractivity contribution in [2.45, 2.75) is 26.4 Å². The lowest BCUT2D eigenvalue weighted by molar-refractivity contribution is 0.0636. The normalized spacial score (nSPS) is 11.1. The zero-order valence-electron chi connectivity index (χ0n) is 8.13. The maximum absolute atomic E-state index is 11.3. The molecule has 0 bridgehead atoms. The minimum absolute atomic E-state index is 0.445. The maximum atomic E-state index is 11.3. The Morgan fingerprint density at radius 3 is 2.71 bits per heavy atom. The second-order valence-electron chi connectivity index (χ2n) is 3.60. The first-order valence-electron chi connectivity index (χ1n) is 3.97. The van der Waals surface area contributed by atoms with E-state index in [2.05, 4.69) is 32.9 Å². The van der Waals surface area contributed by atoms with Crippen LogP contribution in [0, 0.1) is 3.70 Å². The number of nitrogens with zero attached hydrogens (tertiary/aromatic N) is 1. The van der Waals surface area contributed by atoms with Crippen LogP contribution in [-0.2, 0) is 4.74 Å². The van der Waals surface area contributed by atoms with Gasteiger partial charge in [0.15, 0.2) is 0 Å². The number of carbonyl (C=O) groups is 1. The fourth-order valence-electron chi connectivity index (χ4n) is 0.710. The molecule has 0 unspecified atom stereocenters. The number of carbonyl (C=O) groups excluding carboxylic acids is 1. The van der Waals surface area contributed by atoms with Gasteiger partial charge >= 0.3 is 6.09 Å². The number of hydrogen-bond acceptors (Lipinski definition) is 4. The van der Waals surface area contributed by atoms with Gasteiger partial charge < -0.3 is 4.74 Å². The number of nitrogens with one attached hydrogen (secondary N) is 1. The molecule has 0 aliphatic rings. The van der Waals surface area contributed by atoms with Gasteiger partial charge in [0.2, 0.25) is 0 Å². The molecule has 1 aromatic heterocycles. The van der Waals surface area contributed by atoms with Crippen LogP contribution in [0.3, 0.4) is 0 Å². The maximum Gasteiger partial charge on any atom is 0.412 e. The van der Waals surface area contributed by atoms with Crippen LogP contribution in [0.25, 0.3) is 0 Å². The van der Waals surface area contributed by atoms with E-state index >= 15 is 0 Å². The van der Waals surface area contributed by atoms with Crippen molar-refractivity contribution < 1.29 is 9.53 Å². The van der Waals surface area contributed by atoms with Crippen molar-refractivity contribution in [3.05, 3.63) is 9.21 Å². The highest BCUT2D eigenvalue weighted by Crippen LogP contribution is 2.22. The fraction of sp³-hybridized carbons (Fsp3) is 0.500. The number of ether oxygens (including phenoxy) is 1. The van der Waals surface area contributed by atoms with Crippen molar-refractivity contribution in [3.63, 3.8) is 0 Å². The second kappa shape index (κ2) is 4.43. The number of amides is 1. The van der Waals surface area contributed by atoms with Crippen LogP contribution in [0.15, 0.2) is 5.51 Å². The van der Waals surface area contributed by atoms with E-state index in [0.717, 1.165) is 8.70 Å². The summed E-state index contributed by atoms with van der Waals surface area (Å²) in [6.45, 7) is 5.47. The summed E-state index contributed by atoms with van der Waals surface area (Å²) < 4.78 is 5.87. The van der Waals surface area contributed by atoms with Crippen LogP contribution in [0.5, 0.6) is 0 Å². The van der Waals surface area contributed by atoms with Gasteiger partial charge in [0, 0.05) is 0 Å². The number of thiazole rings is 1. The summed E-state index contributed by atoms with van der Waals surface area (Å²) in [6.07, 6.45) is -0.445. The van der Waals surface area contributed by atoms with Gasteiger partial charge in [-0.15, -0.1) is 11.3 Å². The average Bonchev–Trinajstić information content (AvgIpc) is 2.32. The van der Waals surface area contributed by atoms with E-state index in [-0.39, 0.29) is 0 Å². The predicted octanol–water partition coefficient (Wildman–Crippen LogP) is 3.09. The molecule has 0 aromatic carbocycles. The zero-order valence-corrected chi connectivity index (χ0v) is 11.1. The standard InChI is InChI=1S/C8H11IN2O2S/c1-8(2,3)13-7(12)11-6-5(9)10-4-14-6/h4H,1-3H3,(H,11,12). The molecule has 0 atom stereocenters. The Bertz CT molecular complexity index is 332. The number of rotatable bonds is 1. The molecule has 0 aliphatic carbocycles. The molecule has 14 heavy (non-hydrogen) atoms. The van der Waals surface area contributed by atoms with Gasteiger partial charge in [-0.05, 0) is 43.4 Å². The van der Waals surface area contributed by atoms with E-state index in [1.807, 2.05) is 20.8 Å². The smallest absolute Gasteiger partial charge is 0.412 e. The van der Waals surface area contributed by atoms with Gasteiger partial charge in [0.05, 0.1) is 5.51 Å². The summed E-state index contributed by atoms with van der Waals surface area (Å²) in [4.78, 5) is 15.3. The third kappa shape index (κ3) is 3.79. The van der Waals surface area contributed by atoms with Gasteiger partial charge in [-0.25, -0.2) is 9.78 Å². The summed E-state index contributed by atoms with van der Waals surface area (Å²) in [5.41, 5.74) is 1.20. The van der Waals surface area contributed by atoms with Gasteiger partial charge in [-0.1, -0.05) is 0 Å². The highest BCUT2D eigenvalue weighted by atomic mass is 127. The summed E-state index contributed by atoms with van der Waals surface area (Å²) in [7, 11) is 0. The summed E-state index contributed by atoms with van der Waals surface area (Å²) in [5, 5.41) is 3.36. The Labute approximate surface area is 100 Å². The number of anilines is 1. The van der Waals surface area contributed by atoms with Crippen molar-refractivity contribution in [2.24, 2.45) is 0 Å². The first kappa shape index (κ1) is 11.7. The third-order valence-electron chi connectivity index (χ3n) is 1.14. The van der Waals surface area contributed by atoms with Crippen molar-refractivity contribution in [3.8, 4) is 0 Å². The van der Waals surface area contributed by atoms with E-state index in [0.29, 0.717) is 0 Å². The molecule has 4 nitrogen and oxygen atoms in total. The topological polar surface area (TPSA) is 51.2 Å². The average molecular weight is 326 g/mol. The third-order valence-corrected chi connectivity index (χ3v) is 3.06. The van der Waals surface area contributed by atoms with Crippen molar-refractivity contribution >= 4 is 45.0 Å². The summed E-state index contributed by atoms with van der Waals surface area (Å²) in [6, 6.07) is 0. The monoisotopic (exact) mass is 326 g/mol. The Kier molecular flexibility index (Phi) is 3.71. The Morgan fingerprint density at radius 2 is 2.29 bits per heavy atom. The van der Waals surface area contributed by atoms with E-state index in [1.54, 1.807) is 5.51 Å². The molecule has 0 saturated heterocycles. The molecule has 1 heterocycles. The molecule has 1 amide bonds. The molecule has 0 aliphatic heterocycles. The van der Waals surface area contributed by atoms with Gasteiger partial charge in [-0.2, -0.15) is 0 Å². The molecule has 1 N–H and O–H groups in total. The minimum Gasteiger partial charge on any atom is -0.444 e. The highest BCUT2D eigenvalue weighted by Gasteiger charge is 2.17. The fourth-order valence-corrected chi connectivity index (χ4v) is 2.11. The van der Waals surface area contributed by atoms with Crippen molar-refractivity contribution in [2.75, 3.05) is 5.32 Å². The van der Waals surface area contributed by atoms with Crippen molar-refractivity contribution in [1.82, 2.24) is 4.98 Å². The van der Waals surface area contributed by atoms with Crippen LogP contribution < -0.4 is 5.32 Å². The highest BCUT2D eigenvalue weighted by molar-refractivity contribution is 14.1. The van der Waals surface area contributed by atoms with Crippen LogP contribution in [0.1, 0.15) is 20.8 Å². The van der Waals surface area contributed by atoms with Gasteiger partial charge in [0.25, 0.3) is 0 Å². The first-order valence-corrected chi connectivity index (χ1v) is 5.93. The predicted molar refractivity (Wildman–Crippen MR) is 64.7 cm³/mol. The summed E-state index contributed by atoms with van der Waals surface area (Å²) in [5.74, 6) is 0. The molecule has 1 rings (SSSR count). The second-order valence-corrected chi connectivity index (χ2v) is 5.48. The van der Waals surface area contributed by atoms with E-state index in [4.69, 9.17) is 4.74 Å². The molecular formula is C8H11IN2O2S. The number of halogens is 1. The molecule has 0 saturated carbocycles. The number of aromatic nitrogens is 1. The van der Waals surface area contributed by atoms with Crippen LogP contribution in [-0.4, -0.2) is 16.7 Å². The summed E-state index contributed by atoms with van der Waals surface area (Å²) >= 11 is 3.43. The Hall–Kier alpha value is -0.370. The molecule has 6 heteroatoms. The van der Waals surface area contributed by atoms with E-state index in [1.165, 1.54) is 11.3 Å². The first-order chi connectivity index (χ1) is 6.38. The molecule has 0 spiro atoms. The molecule has 1 aromatic rings. The van der Waals surface area contributed by atoms with Crippen LogP contribution in [0.4, 0.5) is 9.80 Å². The lowest BCUT2D eigenvalue weighted by Crippen LogP contribution is -2.27. The van der Waals surface area contributed by atoms with Crippen LogP contribution >= 0.6 is 33.9 Å². The zero-order chi connectivity index (χ0) is 10.8. The lowest BCUT2D eigenvalue weighted by atomic mass is 10.2. The van der Waals surface area contributed by atoms with E-state index in [9.17, 15) is 4.79 Å². The molecular weight excluding hydrogens is 315 g/mol.